The number of hydrogen-bond acceptors (Lipinski definition) is 3. The Morgan fingerprint density at radius 3 is 2.83 bits per heavy atom. The van der Waals surface area contributed by atoms with E-state index >= 15 is 0 Å². The van der Waals surface area contributed by atoms with Gasteiger partial charge in [0.2, 0.25) is 0 Å². The van der Waals surface area contributed by atoms with Crippen LogP contribution < -0.4 is 16.0 Å². The van der Waals surface area contributed by atoms with Crippen molar-refractivity contribution in [3.8, 4) is 0 Å². The Kier molecular flexibility index (Phi) is 5.67. The Morgan fingerprint density at radius 2 is 2.00 bits per heavy atom. The zero-order valence-corrected chi connectivity index (χ0v) is 13.8. The normalized spacial score (nSPS) is 20.7. The van der Waals surface area contributed by atoms with E-state index < -0.39 is 0 Å². The van der Waals surface area contributed by atoms with Gasteiger partial charge in [0.1, 0.15) is 0 Å². The van der Waals surface area contributed by atoms with Crippen molar-refractivity contribution in [2.45, 2.75) is 18.9 Å². The van der Waals surface area contributed by atoms with E-state index in [2.05, 4.69) is 46.3 Å². The molecule has 128 valence electrons. The average molecular weight is 327 g/mol. The lowest BCUT2D eigenvalue weighted by atomic mass is 9.95. The van der Waals surface area contributed by atoms with E-state index in [0.29, 0.717) is 19.6 Å². The lowest BCUT2D eigenvalue weighted by molar-refractivity contribution is 0.0827. The standard InChI is InChI=1S/C19H25N3O2/c23-18-13-20-9-8-17(18)12-22-19(24)21-10-7-14-5-6-15-3-1-2-4-16(15)11-14/h1-6,11,17-18,20,23H,7-10,12-13H2,(H2,21,22,24)/t17-,18+/m0/s1. The zero-order valence-electron chi connectivity index (χ0n) is 13.8. The van der Waals surface area contributed by atoms with E-state index in [-0.39, 0.29) is 18.1 Å². The first-order chi connectivity index (χ1) is 11.7. The number of carbonyl (C=O) groups is 1. The molecule has 2 atom stereocenters. The Balaban J connectivity index is 1.41. The summed E-state index contributed by atoms with van der Waals surface area (Å²) < 4.78 is 0. The van der Waals surface area contributed by atoms with Crippen molar-refractivity contribution in [3.63, 3.8) is 0 Å². The fourth-order valence-corrected chi connectivity index (χ4v) is 3.14. The maximum Gasteiger partial charge on any atom is 0.314 e. The number of rotatable bonds is 5. The average Bonchev–Trinajstić information content (AvgIpc) is 2.61. The first-order valence-corrected chi connectivity index (χ1v) is 8.60. The number of hydrogen-bond donors (Lipinski definition) is 4. The molecular weight excluding hydrogens is 302 g/mol. The molecule has 2 amide bonds. The van der Waals surface area contributed by atoms with Crippen LogP contribution >= 0.6 is 0 Å². The summed E-state index contributed by atoms with van der Waals surface area (Å²) >= 11 is 0. The van der Waals surface area contributed by atoms with Gasteiger partial charge < -0.3 is 21.1 Å². The minimum atomic E-state index is -0.378. The van der Waals surface area contributed by atoms with Crippen molar-refractivity contribution in [1.82, 2.24) is 16.0 Å². The molecule has 1 aliphatic rings. The number of nitrogens with one attached hydrogen (secondary N) is 3. The molecule has 2 aromatic rings. The highest BCUT2D eigenvalue weighted by molar-refractivity contribution is 5.83. The fraction of sp³-hybridized carbons (Fsp3) is 0.421. The quantitative estimate of drug-likeness (QED) is 0.675. The van der Waals surface area contributed by atoms with Gasteiger partial charge in [0.15, 0.2) is 0 Å². The van der Waals surface area contributed by atoms with Crippen molar-refractivity contribution >= 4 is 16.8 Å². The molecule has 24 heavy (non-hydrogen) atoms. The Labute approximate surface area is 142 Å². The van der Waals surface area contributed by atoms with Crippen LogP contribution in [-0.4, -0.2) is 43.4 Å². The van der Waals surface area contributed by atoms with Crippen LogP contribution in [0.4, 0.5) is 4.79 Å². The molecule has 5 nitrogen and oxygen atoms in total. The van der Waals surface area contributed by atoms with Gasteiger partial charge in [0, 0.05) is 25.6 Å². The second-order valence-corrected chi connectivity index (χ2v) is 6.39. The molecular formula is C19H25N3O2. The first kappa shape index (κ1) is 16.7. The zero-order chi connectivity index (χ0) is 16.8. The van der Waals surface area contributed by atoms with Crippen LogP contribution in [0.3, 0.4) is 0 Å². The minimum absolute atomic E-state index is 0.137. The summed E-state index contributed by atoms with van der Waals surface area (Å²) in [6.07, 6.45) is 1.31. The highest BCUT2D eigenvalue weighted by Gasteiger charge is 2.22. The Bertz CT molecular complexity index is 689. The van der Waals surface area contributed by atoms with Gasteiger partial charge in [-0.3, -0.25) is 0 Å². The molecule has 5 heteroatoms. The van der Waals surface area contributed by atoms with Gasteiger partial charge in [-0.2, -0.15) is 0 Å². The summed E-state index contributed by atoms with van der Waals surface area (Å²) in [7, 11) is 0. The maximum absolute atomic E-state index is 11.9. The van der Waals surface area contributed by atoms with Crippen LogP contribution in [-0.2, 0) is 6.42 Å². The molecule has 0 saturated carbocycles. The van der Waals surface area contributed by atoms with Crippen LogP contribution in [0.2, 0.25) is 0 Å². The fourth-order valence-electron chi connectivity index (χ4n) is 3.14. The van der Waals surface area contributed by atoms with E-state index in [1.54, 1.807) is 0 Å². The van der Waals surface area contributed by atoms with Crippen molar-refractivity contribution < 1.29 is 9.90 Å². The van der Waals surface area contributed by atoms with Gasteiger partial charge >= 0.3 is 6.03 Å². The number of aliphatic hydroxyl groups excluding tert-OH is 1. The largest absolute Gasteiger partial charge is 0.391 e. The third-order valence-corrected chi connectivity index (χ3v) is 4.63. The van der Waals surface area contributed by atoms with Gasteiger partial charge in [0.25, 0.3) is 0 Å². The molecule has 4 N–H and O–H groups in total. The SMILES string of the molecule is O=C(NCCc1ccc2ccccc2c1)NC[C@@H]1CCNC[C@H]1O. The molecule has 0 spiro atoms. The van der Waals surface area contributed by atoms with Gasteiger partial charge in [-0.05, 0) is 35.7 Å². The van der Waals surface area contributed by atoms with Gasteiger partial charge in [-0.25, -0.2) is 4.79 Å². The van der Waals surface area contributed by atoms with Crippen LogP contribution in [0.5, 0.6) is 0 Å². The van der Waals surface area contributed by atoms with Crippen molar-refractivity contribution in [2.24, 2.45) is 5.92 Å². The maximum atomic E-state index is 11.9. The number of piperidine rings is 1. The van der Waals surface area contributed by atoms with Crippen LogP contribution in [0, 0.1) is 5.92 Å². The first-order valence-electron chi connectivity index (χ1n) is 8.60. The number of fused-ring (bicyclic) bond motifs is 1. The molecule has 0 aliphatic carbocycles. The molecule has 0 radical (unpaired) electrons. The van der Waals surface area contributed by atoms with Crippen molar-refractivity contribution in [2.75, 3.05) is 26.2 Å². The second-order valence-electron chi connectivity index (χ2n) is 6.39. The Morgan fingerprint density at radius 1 is 1.17 bits per heavy atom. The molecule has 1 heterocycles. The molecule has 2 aromatic carbocycles. The minimum Gasteiger partial charge on any atom is -0.391 e. The predicted molar refractivity (Wildman–Crippen MR) is 96.0 cm³/mol. The summed E-state index contributed by atoms with van der Waals surface area (Å²) in [6, 6.07) is 14.5. The van der Waals surface area contributed by atoms with Crippen LogP contribution in [0.25, 0.3) is 10.8 Å². The molecule has 1 saturated heterocycles. The van der Waals surface area contributed by atoms with E-state index in [9.17, 15) is 9.90 Å². The second kappa shape index (κ2) is 8.13. The van der Waals surface area contributed by atoms with Gasteiger partial charge in [-0.15, -0.1) is 0 Å². The smallest absolute Gasteiger partial charge is 0.314 e. The van der Waals surface area contributed by atoms with Crippen LogP contribution in [0.1, 0.15) is 12.0 Å². The number of aliphatic hydroxyl groups is 1. The summed E-state index contributed by atoms with van der Waals surface area (Å²) in [5.41, 5.74) is 1.21. The number of β-amino-alcohol motifs (C(OH)–C–C–N with tert-alkyl or cyclic N) is 1. The van der Waals surface area contributed by atoms with Crippen molar-refractivity contribution in [3.05, 3.63) is 48.0 Å². The molecule has 1 aliphatic heterocycles. The van der Waals surface area contributed by atoms with E-state index in [1.807, 2.05) is 12.1 Å². The number of amides is 2. The summed E-state index contributed by atoms with van der Waals surface area (Å²) in [5, 5.41) is 21.2. The molecule has 0 unspecified atom stereocenters. The van der Waals surface area contributed by atoms with Crippen molar-refractivity contribution in [1.29, 1.82) is 0 Å². The summed E-state index contributed by atoms with van der Waals surface area (Å²) in [5.74, 6) is 0.137. The third-order valence-electron chi connectivity index (χ3n) is 4.63. The lowest BCUT2D eigenvalue weighted by Crippen LogP contribution is -2.47. The van der Waals surface area contributed by atoms with Gasteiger partial charge in [0.05, 0.1) is 6.10 Å². The monoisotopic (exact) mass is 327 g/mol. The van der Waals surface area contributed by atoms with E-state index in [0.717, 1.165) is 19.4 Å². The number of urea groups is 1. The lowest BCUT2D eigenvalue weighted by Gasteiger charge is -2.28. The molecule has 1 fully saturated rings. The van der Waals surface area contributed by atoms with E-state index in [1.165, 1.54) is 16.3 Å². The molecule has 0 aromatic heterocycles. The van der Waals surface area contributed by atoms with Gasteiger partial charge in [-0.1, -0.05) is 42.5 Å². The molecule has 3 rings (SSSR count). The Hall–Kier alpha value is -2.11. The number of carbonyl (C=O) groups excluding carboxylic acids is 1. The summed E-state index contributed by atoms with van der Waals surface area (Å²) in [6.45, 7) is 2.62. The predicted octanol–water partition coefficient (Wildman–Crippen LogP) is 1.65. The topological polar surface area (TPSA) is 73.4 Å². The summed E-state index contributed by atoms with van der Waals surface area (Å²) in [4.78, 5) is 11.9. The number of benzene rings is 2. The molecule has 0 bridgehead atoms. The van der Waals surface area contributed by atoms with E-state index in [4.69, 9.17) is 0 Å². The van der Waals surface area contributed by atoms with Crippen LogP contribution in [0.15, 0.2) is 42.5 Å². The highest BCUT2D eigenvalue weighted by Crippen LogP contribution is 2.15. The third kappa shape index (κ3) is 4.46. The highest BCUT2D eigenvalue weighted by atomic mass is 16.3.